The Morgan fingerprint density at radius 1 is 1.29 bits per heavy atom. The smallest absolute Gasteiger partial charge is 0.165 e. The quantitative estimate of drug-likeness (QED) is 0.679. The van der Waals surface area contributed by atoms with E-state index in [0.29, 0.717) is 6.42 Å². The van der Waals surface area contributed by atoms with Gasteiger partial charge in [-0.2, -0.15) is 0 Å². The number of nitrogens with one attached hydrogen (secondary N) is 1. The van der Waals surface area contributed by atoms with Crippen molar-refractivity contribution in [3.63, 3.8) is 0 Å². The van der Waals surface area contributed by atoms with Crippen molar-refractivity contribution in [3.8, 4) is 0 Å². The summed E-state index contributed by atoms with van der Waals surface area (Å²) >= 11 is 0. The molecule has 0 aliphatic carbocycles. The van der Waals surface area contributed by atoms with Crippen LogP contribution < -0.4 is 5.32 Å². The highest BCUT2D eigenvalue weighted by molar-refractivity contribution is 6.02. The fraction of sp³-hybridized carbons (Fsp3) is 0.417. The number of carbonyl (C=O) groups excluding carboxylic acids is 1. The third kappa shape index (κ3) is 1.52. The zero-order chi connectivity index (χ0) is 10.1. The molecule has 14 heavy (non-hydrogen) atoms. The first-order valence-electron chi connectivity index (χ1n) is 5.07. The Kier molecular flexibility index (Phi) is 2.28. The van der Waals surface area contributed by atoms with E-state index in [1.54, 1.807) is 0 Å². The number of aryl methyl sites for hydroxylation is 2. The van der Waals surface area contributed by atoms with Crippen LogP contribution in [-0.2, 0) is 0 Å². The van der Waals surface area contributed by atoms with Crippen LogP contribution in [0.5, 0.6) is 0 Å². The minimum absolute atomic E-state index is 0.275. The second-order valence-electron chi connectivity index (χ2n) is 3.96. The molecule has 0 spiro atoms. The molecule has 74 valence electrons. The van der Waals surface area contributed by atoms with Gasteiger partial charge in [-0.1, -0.05) is 6.07 Å². The maximum absolute atomic E-state index is 11.8. The van der Waals surface area contributed by atoms with E-state index in [-0.39, 0.29) is 5.78 Å². The van der Waals surface area contributed by atoms with Gasteiger partial charge in [0.05, 0.1) is 0 Å². The van der Waals surface area contributed by atoms with E-state index in [1.165, 1.54) is 11.1 Å². The van der Waals surface area contributed by atoms with Crippen molar-refractivity contribution in [1.82, 2.24) is 0 Å². The van der Waals surface area contributed by atoms with Crippen LogP contribution in [-0.4, -0.2) is 12.3 Å². The number of Topliss-reactive ketones (excluding diaryl/α,β-unsaturated/α-hetero) is 1. The second-order valence-corrected chi connectivity index (χ2v) is 3.96. The molecule has 1 aromatic rings. The zero-order valence-corrected chi connectivity index (χ0v) is 8.68. The molecule has 1 heterocycles. The molecule has 0 aromatic heterocycles. The fourth-order valence-electron chi connectivity index (χ4n) is 2.02. The maximum Gasteiger partial charge on any atom is 0.165 e. The van der Waals surface area contributed by atoms with Gasteiger partial charge in [0.15, 0.2) is 5.78 Å². The normalized spacial score (nSPS) is 15.7. The number of benzene rings is 1. The first kappa shape index (κ1) is 9.25. The number of fused-ring (bicyclic) bond motifs is 1. The summed E-state index contributed by atoms with van der Waals surface area (Å²) in [4.78, 5) is 11.8. The Labute approximate surface area is 84.3 Å². The molecule has 1 aromatic carbocycles. The summed E-state index contributed by atoms with van der Waals surface area (Å²) in [5, 5.41) is 3.33. The van der Waals surface area contributed by atoms with Crippen molar-refractivity contribution in [2.75, 3.05) is 11.9 Å². The van der Waals surface area contributed by atoms with E-state index in [0.717, 1.165) is 24.2 Å². The Bertz CT molecular complexity index is 382. The molecule has 0 radical (unpaired) electrons. The highest BCUT2D eigenvalue weighted by Gasteiger charge is 2.16. The van der Waals surface area contributed by atoms with E-state index < -0.39 is 0 Å². The van der Waals surface area contributed by atoms with Gasteiger partial charge >= 0.3 is 0 Å². The highest BCUT2D eigenvalue weighted by atomic mass is 16.1. The number of ketones is 1. The number of rotatable bonds is 0. The minimum atomic E-state index is 0.275. The van der Waals surface area contributed by atoms with Gasteiger partial charge in [0.1, 0.15) is 0 Å². The largest absolute Gasteiger partial charge is 0.384 e. The number of anilines is 1. The van der Waals surface area contributed by atoms with Crippen molar-refractivity contribution in [2.24, 2.45) is 0 Å². The summed E-state index contributed by atoms with van der Waals surface area (Å²) in [6, 6.07) is 4.10. The van der Waals surface area contributed by atoms with Gasteiger partial charge in [-0.15, -0.1) is 0 Å². The van der Waals surface area contributed by atoms with Gasteiger partial charge in [-0.05, 0) is 37.5 Å². The minimum Gasteiger partial charge on any atom is -0.384 e. The molecule has 0 saturated carbocycles. The van der Waals surface area contributed by atoms with Crippen molar-refractivity contribution in [1.29, 1.82) is 0 Å². The maximum atomic E-state index is 11.8. The molecule has 0 atom stereocenters. The standard InChI is InChI=1S/C12H15NO/c1-8-6-9(2)12-10(7-8)11(14)4-3-5-13-12/h6-7,13H,3-5H2,1-2H3. The van der Waals surface area contributed by atoms with Gasteiger partial charge in [-0.25, -0.2) is 0 Å². The van der Waals surface area contributed by atoms with Crippen LogP contribution in [0.4, 0.5) is 5.69 Å². The zero-order valence-electron chi connectivity index (χ0n) is 8.68. The van der Waals surface area contributed by atoms with Gasteiger partial charge in [0, 0.05) is 24.2 Å². The van der Waals surface area contributed by atoms with Gasteiger partial charge in [0.25, 0.3) is 0 Å². The number of carbonyl (C=O) groups is 1. The lowest BCUT2D eigenvalue weighted by molar-refractivity contribution is 0.0983. The third-order valence-corrected chi connectivity index (χ3v) is 2.66. The lowest BCUT2D eigenvalue weighted by atomic mass is 10.0. The van der Waals surface area contributed by atoms with Crippen molar-refractivity contribution in [3.05, 3.63) is 28.8 Å². The first-order valence-corrected chi connectivity index (χ1v) is 5.07. The van der Waals surface area contributed by atoms with Gasteiger partial charge in [-0.3, -0.25) is 4.79 Å². The Hall–Kier alpha value is -1.31. The van der Waals surface area contributed by atoms with Crippen molar-refractivity contribution in [2.45, 2.75) is 26.7 Å². The third-order valence-electron chi connectivity index (χ3n) is 2.66. The van der Waals surface area contributed by atoms with Crippen LogP contribution in [0, 0.1) is 13.8 Å². The van der Waals surface area contributed by atoms with Crippen LogP contribution >= 0.6 is 0 Å². The predicted molar refractivity (Wildman–Crippen MR) is 58.0 cm³/mol. The van der Waals surface area contributed by atoms with Gasteiger partial charge < -0.3 is 5.32 Å². The lowest BCUT2D eigenvalue weighted by Crippen LogP contribution is -2.03. The summed E-state index contributed by atoms with van der Waals surface area (Å²) < 4.78 is 0. The first-order chi connectivity index (χ1) is 6.68. The van der Waals surface area contributed by atoms with E-state index in [2.05, 4.69) is 18.3 Å². The molecule has 1 N–H and O–H groups in total. The van der Waals surface area contributed by atoms with E-state index in [9.17, 15) is 4.79 Å². The molecule has 1 aliphatic heterocycles. The van der Waals surface area contributed by atoms with Crippen molar-refractivity contribution < 1.29 is 4.79 Å². The average molecular weight is 189 g/mol. The van der Waals surface area contributed by atoms with E-state index >= 15 is 0 Å². The fourth-order valence-corrected chi connectivity index (χ4v) is 2.02. The Morgan fingerprint density at radius 3 is 2.86 bits per heavy atom. The summed E-state index contributed by atoms with van der Waals surface area (Å²) in [5.41, 5.74) is 4.26. The summed E-state index contributed by atoms with van der Waals surface area (Å²) in [5.74, 6) is 0.275. The summed E-state index contributed by atoms with van der Waals surface area (Å²) in [7, 11) is 0. The molecule has 1 aliphatic rings. The molecule has 0 bridgehead atoms. The van der Waals surface area contributed by atoms with Crippen LogP contribution in [0.15, 0.2) is 12.1 Å². The Morgan fingerprint density at radius 2 is 2.07 bits per heavy atom. The average Bonchev–Trinajstić information content (AvgIpc) is 2.29. The van der Waals surface area contributed by atoms with E-state index in [4.69, 9.17) is 0 Å². The molecular weight excluding hydrogens is 174 g/mol. The Balaban J connectivity index is 2.58. The molecular formula is C12H15NO. The highest BCUT2D eigenvalue weighted by Crippen LogP contribution is 2.26. The molecule has 0 fully saturated rings. The van der Waals surface area contributed by atoms with Crippen molar-refractivity contribution >= 4 is 11.5 Å². The molecule has 2 rings (SSSR count). The lowest BCUT2D eigenvalue weighted by Gasteiger charge is -2.11. The SMILES string of the molecule is Cc1cc(C)c2c(c1)C(=O)CCCN2. The van der Waals surface area contributed by atoms with Crippen LogP contribution in [0.3, 0.4) is 0 Å². The van der Waals surface area contributed by atoms with Crippen LogP contribution in [0.25, 0.3) is 0 Å². The second kappa shape index (κ2) is 3.45. The predicted octanol–water partition coefficient (Wildman–Crippen LogP) is 2.69. The van der Waals surface area contributed by atoms with E-state index in [1.807, 2.05) is 13.0 Å². The molecule has 0 unspecified atom stereocenters. The van der Waals surface area contributed by atoms with Crippen LogP contribution in [0.2, 0.25) is 0 Å². The molecule has 2 heteroatoms. The summed E-state index contributed by atoms with van der Waals surface area (Å²) in [6.07, 6.45) is 1.61. The number of hydrogen-bond acceptors (Lipinski definition) is 2. The topological polar surface area (TPSA) is 29.1 Å². The number of hydrogen-bond donors (Lipinski definition) is 1. The molecule has 0 saturated heterocycles. The molecule has 2 nitrogen and oxygen atoms in total. The monoisotopic (exact) mass is 189 g/mol. The van der Waals surface area contributed by atoms with Crippen LogP contribution in [0.1, 0.15) is 34.3 Å². The van der Waals surface area contributed by atoms with Gasteiger partial charge in [0.2, 0.25) is 0 Å². The molecule has 0 amide bonds. The summed E-state index contributed by atoms with van der Waals surface area (Å²) in [6.45, 7) is 4.99.